The van der Waals surface area contributed by atoms with Crippen LogP contribution in [0.4, 0.5) is 4.39 Å². The summed E-state index contributed by atoms with van der Waals surface area (Å²) in [4.78, 5) is 27.4. The SMILES string of the molecule is CC[C@@H](C(=O)NC(C)C)N(Cc1ccc(F)cc1)C(=O)CSCc1ccc(Br)cc1. The first-order valence-electron chi connectivity index (χ1n) is 9.96. The van der Waals surface area contributed by atoms with Crippen LogP contribution in [0.15, 0.2) is 53.0 Å². The number of amides is 2. The van der Waals surface area contributed by atoms with E-state index in [4.69, 9.17) is 0 Å². The molecule has 0 heterocycles. The minimum atomic E-state index is -0.571. The molecule has 0 saturated carbocycles. The van der Waals surface area contributed by atoms with Gasteiger partial charge in [0.1, 0.15) is 11.9 Å². The van der Waals surface area contributed by atoms with Crippen molar-refractivity contribution in [1.82, 2.24) is 10.2 Å². The van der Waals surface area contributed by atoms with Crippen LogP contribution in [0.1, 0.15) is 38.3 Å². The highest BCUT2D eigenvalue weighted by Crippen LogP contribution is 2.19. The largest absolute Gasteiger partial charge is 0.352 e. The Labute approximate surface area is 190 Å². The lowest BCUT2D eigenvalue weighted by atomic mass is 10.1. The van der Waals surface area contributed by atoms with E-state index < -0.39 is 6.04 Å². The molecule has 162 valence electrons. The Kier molecular flexibility index (Phi) is 9.85. The number of hydrogen-bond acceptors (Lipinski definition) is 3. The van der Waals surface area contributed by atoms with Crippen molar-refractivity contribution >= 4 is 39.5 Å². The van der Waals surface area contributed by atoms with E-state index in [0.29, 0.717) is 12.2 Å². The third-order valence-electron chi connectivity index (χ3n) is 4.49. The number of nitrogens with zero attached hydrogens (tertiary/aromatic N) is 1. The van der Waals surface area contributed by atoms with Crippen LogP contribution in [0, 0.1) is 5.82 Å². The quantitative estimate of drug-likeness (QED) is 0.496. The number of halogens is 2. The highest BCUT2D eigenvalue weighted by molar-refractivity contribution is 9.10. The average molecular weight is 495 g/mol. The molecule has 7 heteroatoms. The molecule has 2 amide bonds. The van der Waals surface area contributed by atoms with Gasteiger partial charge in [-0.15, -0.1) is 11.8 Å². The van der Waals surface area contributed by atoms with E-state index in [-0.39, 0.29) is 36.0 Å². The molecule has 0 aromatic heterocycles. The van der Waals surface area contributed by atoms with Gasteiger partial charge in [0.05, 0.1) is 5.75 Å². The van der Waals surface area contributed by atoms with Crippen molar-refractivity contribution in [2.45, 2.75) is 51.6 Å². The molecule has 0 unspecified atom stereocenters. The monoisotopic (exact) mass is 494 g/mol. The third-order valence-corrected chi connectivity index (χ3v) is 6.01. The van der Waals surface area contributed by atoms with Crippen LogP contribution in [0.5, 0.6) is 0 Å². The molecule has 1 atom stereocenters. The van der Waals surface area contributed by atoms with Crippen LogP contribution >= 0.6 is 27.7 Å². The van der Waals surface area contributed by atoms with Gasteiger partial charge in [0.15, 0.2) is 0 Å². The topological polar surface area (TPSA) is 49.4 Å². The zero-order chi connectivity index (χ0) is 22.1. The highest BCUT2D eigenvalue weighted by atomic mass is 79.9. The first kappa shape index (κ1) is 24.4. The molecule has 30 heavy (non-hydrogen) atoms. The van der Waals surface area contributed by atoms with Gasteiger partial charge in [-0.25, -0.2) is 4.39 Å². The Morgan fingerprint density at radius 3 is 2.23 bits per heavy atom. The Morgan fingerprint density at radius 2 is 1.67 bits per heavy atom. The molecule has 0 aliphatic heterocycles. The molecular formula is C23H28BrFN2O2S. The van der Waals surface area contributed by atoms with Gasteiger partial charge in [-0.05, 0) is 55.7 Å². The van der Waals surface area contributed by atoms with Crippen LogP contribution in [-0.2, 0) is 21.9 Å². The molecule has 2 aromatic carbocycles. The van der Waals surface area contributed by atoms with Crippen LogP contribution in [0.2, 0.25) is 0 Å². The predicted octanol–water partition coefficient (Wildman–Crippen LogP) is 5.15. The first-order valence-corrected chi connectivity index (χ1v) is 11.9. The molecule has 0 radical (unpaired) electrons. The minimum Gasteiger partial charge on any atom is -0.352 e. The zero-order valence-corrected chi connectivity index (χ0v) is 19.9. The fraction of sp³-hybridized carbons (Fsp3) is 0.391. The molecule has 0 spiro atoms. The summed E-state index contributed by atoms with van der Waals surface area (Å²) < 4.78 is 14.3. The highest BCUT2D eigenvalue weighted by Gasteiger charge is 2.28. The van der Waals surface area contributed by atoms with Crippen LogP contribution in [0.25, 0.3) is 0 Å². The van der Waals surface area contributed by atoms with Crippen molar-refractivity contribution in [2.24, 2.45) is 0 Å². The number of hydrogen-bond donors (Lipinski definition) is 1. The van der Waals surface area contributed by atoms with E-state index in [1.165, 1.54) is 23.9 Å². The predicted molar refractivity (Wildman–Crippen MR) is 125 cm³/mol. The van der Waals surface area contributed by atoms with E-state index in [1.54, 1.807) is 17.0 Å². The van der Waals surface area contributed by atoms with Crippen molar-refractivity contribution in [3.8, 4) is 0 Å². The van der Waals surface area contributed by atoms with Gasteiger partial charge in [-0.3, -0.25) is 9.59 Å². The summed E-state index contributed by atoms with van der Waals surface area (Å²) >= 11 is 4.93. The molecule has 2 aromatic rings. The summed E-state index contributed by atoms with van der Waals surface area (Å²) in [7, 11) is 0. The number of benzene rings is 2. The second-order valence-corrected chi connectivity index (χ2v) is 9.26. The molecule has 4 nitrogen and oxygen atoms in total. The van der Waals surface area contributed by atoms with Crippen LogP contribution in [-0.4, -0.2) is 34.6 Å². The van der Waals surface area contributed by atoms with Gasteiger partial charge in [0, 0.05) is 22.8 Å². The van der Waals surface area contributed by atoms with Gasteiger partial charge < -0.3 is 10.2 Å². The fourth-order valence-electron chi connectivity index (χ4n) is 3.01. The Balaban J connectivity index is 2.11. The van der Waals surface area contributed by atoms with E-state index in [0.717, 1.165) is 15.6 Å². The molecule has 0 saturated heterocycles. The van der Waals surface area contributed by atoms with Crippen LogP contribution in [0.3, 0.4) is 0 Å². The van der Waals surface area contributed by atoms with E-state index in [9.17, 15) is 14.0 Å². The number of rotatable bonds is 10. The van der Waals surface area contributed by atoms with Crippen molar-refractivity contribution in [2.75, 3.05) is 5.75 Å². The Hall–Kier alpha value is -1.86. The van der Waals surface area contributed by atoms with Gasteiger partial charge in [0.25, 0.3) is 0 Å². The first-order chi connectivity index (χ1) is 14.3. The summed E-state index contributed by atoms with van der Waals surface area (Å²) in [5.41, 5.74) is 1.92. The Morgan fingerprint density at radius 1 is 1.07 bits per heavy atom. The van der Waals surface area contributed by atoms with Crippen LogP contribution < -0.4 is 5.32 Å². The van der Waals surface area contributed by atoms with Gasteiger partial charge in [-0.2, -0.15) is 0 Å². The van der Waals surface area contributed by atoms with Gasteiger partial charge in [0.2, 0.25) is 11.8 Å². The third kappa shape index (κ3) is 7.76. The van der Waals surface area contributed by atoms with E-state index in [2.05, 4.69) is 21.2 Å². The number of carbonyl (C=O) groups is 2. The Bertz CT molecular complexity index is 828. The maximum Gasteiger partial charge on any atom is 0.243 e. The van der Waals surface area contributed by atoms with Crippen molar-refractivity contribution in [3.63, 3.8) is 0 Å². The zero-order valence-electron chi connectivity index (χ0n) is 17.5. The molecule has 0 fully saturated rings. The van der Waals surface area contributed by atoms with E-state index >= 15 is 0 Å². The number of thioether (sulfide) groups is 1. The van der Waals surface area contributed by atoms with Gasteiger partial charge >= 0.3 is 0 Å². The second-order valence-electron chi connectivity index (χ2n) is 7.35. The normalized spacial score (nSPS) is 11.9. The summed E-state index contributed by atoms with van der Waals surface area (Å²) in [6.45, 7) is 5.95. The molecule has 0 aliphatic rings. The van der Waals surface area contributed by atoms with Crippen molar-refractivity contribution in [1.29, 1.82) is 0 Å². The molecular weight excluding hydrogens is 467 g/mol. The van der Waals surface area contributed by atoms with Crippen molar-refractivity contribution < 1.29 is 14.0 Å². The van der Waals surface area contributed by atoms with Crippen molar-refractivity contribution in [3.05, 3.63) is 69.9 Å². The summed E-state index contributed by atoms with van der Waals surface area (Å²) in [5, 5.41) is 2.91. The smallest absolute Gasteiger partial charge is 0.243 e. The fourth-order valence-corrected chi connectivity index (χ4v) is 4.14. The summed E-state index contributed by atoms with van der Waals surface area (Å²) in [6, 6.07) is 13.4. The van der Waals surface area contributed by atoms with E-state index in [1.807, 2.05) is 45.0 Å². The number of nitrogens with one attached hydrogen (secondary N) is 1. The molecule has 2 rings (SSSR count). The number of carbonyl (C=O) groups excluding carboxylic acids is 2. The molecule has 0 aliphatic carbocycles. The maximum atomic E-state index is 13.3. The second kappa shape index (κ2) is 12.1. The maximum absolute atomic E-state index is 13.3. The van der Waals surface area contributed by atoms with Gasteiger partial charge in [-0.1, -0.05) is 47.1 Å². The summed E-state index contributed by atoms with van der Waals surface area (Å²) in [5.74, 6) is 0.375. The lowest BCUT2D eigenvalue weighted by Gasteiger charge is -2.31. The molecule has 1 N–H and O–H groups in total. The lowest BCUT2D eigenvalue weighted by Crippen LogP contribution is -2.50. The molecule has 0 bridgehead atoms. The average Bonchev–Trinajstić information content (AvgIpc) is 2.70. The summed E-state index contributed by atoms with van der Waals surface area (Å²) in [6.07, 6.45) is 0.503. The minimum absolute atomic E-state index is 0.0129. The lowest BCUT2D eigenvalue weighted by molar-refractivity contribution is -0.139. The standard InChI is InChI=1S/C23H28BrFN2O2S/c1-4-21(23(29)26-16(2)3)27(13-17-7-11-20(25)12-8-17)22(28)15-30-14-18-5-9-19(24)10-6-18/h5-12,16,21H,4,13-15H2,1-3H3,(H,26,29)/t21-/m0/s1.